The number of hydrogen-bond acceptors (Lipinski definition) is 10. The van der Waals surface area contributed by atoms with Crippen LogP contribution in [0.3, 0.4) is 0 Å². The number of Topliss-reactive ketones (excluding diaryl/α,β-unsaturated/α-hetero) is 6. The summed E-state index contributed by atoms with van der Waals surface area (Å²) in [6, 6.07) is 0. The molecule has 0 aliphatic heterocycles. The van der Waals surface area contributed by atoms with Gasteiger partial charge in [-0.05, 0) is 27.7 Å². The van der Waals surface area contributed by atoms with E-state index in [4.69, 9.17) is 0 Å². The second-order valence-corrected chi connectivity index (χ2v) is 4.61. The van der Waals surface area contributed by atoms with E-state index >= 15 is 0 Å². The maximum absolute atomic E-state index is 10.6. The zero-order chi connectivity index (χ0) is 19.8. The molecule has 0 aliphatic carbocycles. The largest absolute Gasteiger partial charge is 2.00 e. The van der Waals surface area contributed by atoms with Crippen molar-refractivity contribution in [1.82, 2.24) is 0 Å². The van der Waals surface area contributed by atoms with Gasteiger partial charge in [-0.3, -0.25) is 28.8 Å². The van der Waals surface area contributed by atoms with Gasteiger partial charge in [-0.25, -0.2) is 0 Å². The molecule has 139 valence electrons. The summed E-state index contributed by atoms with van der Waals surface area (Å²) in [5.41, 5.74) is 0. The molecule has 0 rings (SSSR count). The van der Waals surface area contributed by atoms with Crippen LogP contribution in [0.15, 0.2) is 0 Å². The van der Waals surface area contributed by atoms with Gasteiger partial charge in [0.15, 0.2) is 11.6 Å². The van der Waals surface area contributed by atoms with Crippen LogP contribution >= 0.6 is 0 Å². The molecular formula is C14H14CoO10. The molecule has 0 aromatic rings. The Morgan fingerprint density at radius 2 is 0.680 bits per heavy atom. The number of carbonyl (C=O) groups excluding carboxylic acids is 8. The summed E-state index contributed by atoms with van der Waals surface area (Å²) >= 11 is 0. The minimum Gasteiger partial charge on any atom is -0.542 e. The molecule has 0 unspecified atom stereocenters. The van der Waals surface area contributed by atoms with Gasteiger partial charge >= 0.3 is 16.8 Å². The van der Waals surface area contributed by atoms with Crippen LogP contribution in [0.2, 0.25) is 0 Å². The van der Waals surface area contributed by atoms with Crippen LogP contribution in [0, 0.1) is 11.8 Å². The smallest absolute Gasteiger partial charge is 0.542 e. The monoisotopic (exact) mass is 401 g/mol. The first-order valence-electron chi connectivity index (χ1n) is 6.27. The fourth-order valence-corrected chi connectivity index (χ4v) is 1.55. The first kappa shape index (κ1) is 27.3. The Kier molecular flexibility index (Phi) is 13.0. The van der Waals surface area contributed by atoms with Crippen LogP contribution in [0.4, 0.5) is 0 Å². The normalized spacial score (nSPS) is 9.20. The maximum atomic E-state index is 10.6. The molecule has 1 radical (unpaired) electrons. The van der Waals surface area contributed by atoms with E-state index in [0.717, 1.165) is 27.7 Å². The van der Waals surface area contributed by atoms with E-state index < -0.39 is 58.5 Å². The second-order valence-electron chi connectivity index (χ2n) is 4.61. The fraction of sp³-hybridized carbons (Fsp3) is 0.429. The summed E-state index contributed by atoms with van der Waals surface area (Å²) in [5, 5.41) is 20.0. The molecule has 0 spiro atoms. The van der Waals surface area contributed by atoms with Crippen molar-refractivity contribution in [3.05, 3.63) is 0 Å². The topological polar surface area (TPSA) is 183 Å². The first-order valence-corrected chi connectivity index (χ1v) is 6.27. The second kappa shape index (κ2) is 11.9. The molecule has 0 aromatic heterocycles. The van der Waals surface area contributed by atoms with Crippen molar-refractivity contribution in [2.75, 3.05) is 0 Å². The number of carboxylic acids is 2. The zero-order valence-electron chi connectivity index (χ0n) is 13.6. The summed E-state index contributed by atoms with van der Waals surface area (Å²) in [5.74, 6) is -13.5. The van der Waals surface area contributed by atoms with Crippen LogP contribution in [-0.2, 0) is 55.1 Å². The van der Waals surface area contributed by atoms with Crippen LogP contribution < -0.4 is 10.2 Å². The number of ketones is 6. The molecular weight excluding hydrogens is 387 g/mol. The van der Waals surface area contributed by atoms with E-state index in [1.54, 1.807) is 0 Å². The Morgan fingerprint density at radius 1 is 0.520 bits per heavy atom. The van der Waals surface area contributed by atoms with Gasteiger partial charge < -0.3 is 19.8 Å². The third-order valence-electron chi connectivity index (χ3n) is 2.55. The Labute approximate surface area is 152 Å². The summed E-state index contributed by atoms with van der Waals surface area (Å²) in [6.07, 6.45) is 0. The number of rotatable bonds is 8. The van der Waals surface area contributed by atoms with Crippen LogP contribution in [-0.4, -0.2) is 46.6 Å². The van der Waals surface area contributed by atoms with Crippen LogP contribution in [0.5, 0.6) is 0 Å². The molecule has 0 amide bonds. The third kappa shape index (κ3) is 9.37. The molecule has 0 bridgehead atoms. The molecule has 0 aromatic carbocycles. The number of carbonyl (C=O) groups is 8. The van der Waals surface area contributed by atoms with E-state index in [0.29, 0.717) is 0 Å². The van der Waals surface area contributed by atoms with Crippen molar-refractivity contribution in [1.29, 1.82) is 0 Å². The number of aliphatic carboxylic acids is 2. The van der Waals surface area contributed by atoms with E-state index in [-0.39, 0.29) is 16.8 Å². The fourth-order valence-electron chi connectivity index (χ4n) is 1.55. The Bertz CT molecular complexity index is 537. The van der Waals surface area contributed by atoms with E-state index in [9.17, 15) is 48.6 Å². The molecule has 25 heavy (non-hydrogen) atoms. The van der Waals surface area contributed by atoms with Gasteiger partial charge in [0.1, 0.15) is 46.9 Å². The van der Waals surface area contributed by atoms with Crippen LogP contribution in [0.25, 0.3) is 0 Å². The molecule has 0 saturated heterocycles. The summed E-state index contributed by atoms with van der Waals surface area (Å²) in [4.78, 5) is 83.6. The van der Waals surface area contributed by atoms with Gasteiger partial charge in [-0.1, -0.05) is 0 Å². The average Bonchev–Trinajstić information content (AvgIpc) is 2.37. The van der Waals surface area contributed by atoms with Crippen molar-refractivity contribution in [2.45, 2.75) is 27.7 Å². The Balaban J connectivity index is -0.000000372. The Hall–Kier alpha value is -2.53. The van der Waals surface area contributed by atoms with Crippen molar-refractivity contribution in [3.63, 3.8) is 0 Å². The van der Waals surface area contributed by atoms with Crippen molar-refractivity contribution >= 4 is 46.6 Å². The van der Waals surface area contributed by atoms with Crippen molar-refractivity contribution < 1.29 is 65.3 Å². The summed E-state index contributed by atoms with van der Waals surface area (Å²) < 4.78 is 0. The minimum atomic E-state index is -2.01. The molecule has 0 heterocycles. The first-order chi connectivity index (χ1) is 10.7. The van der Waals surface area contributed by atoms with Gasteiger partial charge in [0.25, 0.3) is 0 Å². The van der Waals surface area contributed by atoms with E-state index in [2.05, 4.69) is 0 Å². The summed E-state index contributed by atoms with van der Waals surface area (Å²) in [6.45, 7) is 3.92. The van der Waals surface area contributed by atoms with Gasteiger partial charge in [-0.15, -0.1) is 0 Å². The van der Waals surface area contributed by atoms with Gasteiger partial charge in [0, 0.05) is 0 Å². The quantitative estimate of drug-likeness (QED) is 0.289. The minimum absolute atomic E-state index is 0. The van der Waals surface area contributed by atoms with Crippen molar-refractivity contribution in [2.24, 2.45) is 11.8 Å². The average molecular weight is 401 g/mol. The van der Waals surface area contributed by atoms with Crippen molar-refractivity contribution in [3.8, 4) is 0 Å². The van der Waals surface area contributed by atoms with Crippen LogP contribution in [0.1, 0.15) is 27.7 Å². The van der Waals surface area contributed by atoms with Gasteiger partial charge in [0.2, 0.25) is 0 Å². The SMILES string of the molecule is CC(=O)C(C(C)=O)C(=O)C(=O)[O-].CC(=O)C(C(C)=O)C(=O)C(=O)[O-].[Co+2]. The standard InChI is InChI=1S/2C7H8O5.Co/c2*1-3(8)5(4(2)9)6(10)7(11)12;/h2*5H,1-2H3,(H,11,12);/q;;+2/p-2. The predicted molar refractivity (Wildman–Crippen MR) is 69.7 cm³/mol. The molecule has 0 aliphatic rings. The Morgan fingerprint density at radius 3 is 0.720 bits per heavy atom. The summed E-state index contributed by atoms with van der Waals surface area (Å²) in [7, 11) is 0. The van der Waals surface area contributed by atoms with E-state index in [1.807, 2.05) is 0 Å². The van der Waals surface area contributed by atoms with Gasteiger partial charge in [-0.2, -0.15) is 0 Å². The molecule has 0 N–H and O–H groups in total. The van der Waals surface area contributed by atoms with Gasteiger partial charge in [0.05, 0.1) is 0 Å². The molecule has 11 heteroatoms. The maximum Gasteiger partial charge on any atom is 2.00 e. The number of carboxylic acid groups (broad SMARTS) is 2. The molecule has 0 fully saturated rings. The molecule has 0 saturated carbocycles. The molecule has 0 atom stereocenters. The zero-order valence-corrected chi connectivity index (χ0v) is 14.6. The molecule has 10 nitrogen and oxygen atoms in total. The van der Waals surface area contributed by atoms with E-state index in [1.165, 1.54) is 0 Å². The number of hydrogen-bond donors (Lipinski definition) is 0. The predicted octanol–water partition coefficient (Wildman–Crippen LogP) is -3.80. The third-order valence-corrected chi connectivity index (χ3v) is 2.55.